The second-order valence-electron chi connectivity index (χ2n) is 7.46. The summed E-state index contributed by atoms with van der Waals surface area (Å²) in [5.74, 6) is 1.08. The molecule has 3 aromatic rings. The van der Waals surface area contributed by atoms with Crippen molar-refractivity contribution in [1.29, 1.82) is 0 Å². The summed E-state index contributed by atoms with van der Waals surface area (Å²) in [5.41, 5.74) is 1.72. The number of benzene rings is 1. The molecule has 3 heterocycles. The molecule has 0 spiro atoms. The Morgan fingerprint density at radius 2 is 2.10 bits per heavy atom. The molecule has 1 unspecified atom stereocenters. The Morgan fingerprint density at radius 1 is 1.27 bits per heavy atom. The Labute approximate surface area is 180 Å². The second kappa shape index (κ2) is 9.40. The molecule has 0 radical (unpaired) electrons. The van der Waals surface area contributed by atoms with Gasteiger partial charge in [0, 0.05) is 37.8 Å². The maximum atomic E-state index is 11.6. The van der Waals surface area contributed by atoms with Crippen molar-refractivity contribution in [3.05, 3.63) is 53.2 Å². The van der Waals surface area contributed by atoms with Crippen LogP contribution in [0.3, 0.4) is 0 Å². The Balaban J connectivity index is 1.25. The summed E-state index contributed by atoms with van der Waals surface area (Å²) in [7, 11) is 1.40. The van der Waals surface area contributed by atoms with Gasteiger partial charge in [0.2, 0.25) is 11.7 Å². The summed E-state index contributed by atoms with van der Waals surface area (Å²) in [4.78, 5) is 22.0. The number of piperazine rings is 1. The van der Waals surface area contributed by atoms with Crippen molar-refractivity contribution in [3.8, 4) is 10.7 Å². The largest absolute Gasteiger partial charge is 0.465 e. The standard InChI is InChI=1S/C22H26N4O3S/c1-16-15-26(18-9-7-17(8-10-18)22(27)28-2)13-12-25(16)11-3-6-20-23-21(24-29-20)19-5-4-14-30-19/h4-5,7-10,14,16H,3,6,11-13,15H2,1-2H3. The van der Waals surface area contributed by atoms with E-state index in [1.54, 1.807) is 11.3 Å². The maximum absolute atomic E-state index is 11.6. The molecule has 1 fully saturated rings. The van der Waals surface area contributed by atoms with E-state index >= 15 is 0 Å². The summed E-state index contributed by atoms with van der Waals surface area (Å²) in [6.45, 7) is 6.19. The van der Waals surface area contributed by atoms with E-state index in [1.807, 2.05) is 41.8 Å². The van der Waals surface area contributed by atoms with Crippen molar-refractivity contribution in [1.82, 2.24) is 15.0 Å². The lowest BCUT2D eigenvalue weighted by atomic mass is 10.1. The molecule has 2 aromatic heterocycles. The maximum Gasteiger partial charge on any atom is 0.337 e. The lowest BCUT2D eigenvalue weighted by Gasteiger charge is -2.41. The lowest BCUT2D eigenvalue weighted by molar-refractivity contribution is 0.0600. The number of methoxy groups -OCH3 is 1. The molecule has 30 heavy (non-hydrogen) atoms. The fraction of sp³-hybridized carbons (Fsp3) is 0.409. The van der Waals surface area contributed by atoms with Crippen LogP contribution in [0, 0.1) is 0 Å². The summed E-state index contributed by atoms with van der Waals surface area (Å²) < 4.78 is 10.2. The van der Waals surface area contributed by atoms with Crippen LogP contribution in [0.4, 0.5) is 5.69 Å². The fourth-order valence-electron chi connectivity index (χ4n) is 3.78. The van der Waals surface area contributed by atoms with Crippen LogP contribution in [0.1, 0.15) is 29.6 Å². The second-order valence-corrected chi connectivity index (χ2v) is 8.41. The first-order valence-electron chi connectivity index (χ1n) is 10.2. The molecule has 8 heteroatoms. The smallest absolute Gasteiger partial charge is 0.337 e. The van der Waals surface area contributed by atoms with Gasteiger partial charge in [-0.05, 0) is 55.6 Å². The predicted molar refractivity (Wildman–Crippen MR) is 117 cm³/mol. The van der Waals surface area contributed by atoms with Crippen molar-refractivity contribution in [2.45, 2.75) is 25.8 Å². The molecular formula is C22H26N4O3S. The lowest BCUT2D eigenvalue weighted by Crippen LogP contribution is -2.52. The van der Waals surface area contributed by atoms with Crippen LogP contribution in [-0.2, 0) is 11.2 Å². The Morgan fingerprint density at radius 3 is 2.80 bits per heavy atom. The molecule has 1 aliphatic heterocycles. The van der Waals surface area contributed by atoms with Gasteiger partial charge in [0.25, 0.3) is 0 Å². The van der Waals surface area contributed by atoms with Crippen molar-refractivity contribution < 1.29 is 14.1 Å². The number of esters is 1. The third-order valence-electron chi connectivity index (χ3n) is 5.46. The average molecular weight is 427 g/mol. The van der Waals surface area contributed by atoms with E-state index in [4.69, 9.17) is 9.26 Å². The fourth-order valence-corrected chi connectivity index (χ4v) is 4.43. The van der Waals surface area contributed by atoms with E-state index in [1.165, 1.54) is 7.11 Å². The Bertz CT molecular complexity index is 955. The number of anilines is 1. The topological polar surface area (TPSA) is 71.7 Å². The number of rotatable bonds is 7. The Kier molecular flexibility index (Phi) is 6.44. The minimum Gasteiger partial charge on any atom is -0.465 e. The van der Waals surface area contributed by atoms with E-state index < -0.39 is 0 Å². The highest BCUT2D eigenvalue weighted by molar-refractivity contribution is 7.13. The van der Waals surface area contributed by atoms with Gasteiger partial charge in [-0.15, -0.1) is 11.3 Å². The normalized spacial score (nSPS) is 17.3. The molecule has 7 nitrogen and oxygen atoms in total. The van der Waals surface area contributed by atoms with Crippen molar-refractivity contribution in [2.24, 2.45) is 0 Å². The van der Waals surface area contributed by atoms with Gasteiger partial charge >= 0.3 is 5.97 Å². The van der Waals surface area contributed by atoms with Crippen molar-refractivity contribution >= 4 is 23.0 Å². The number of hydrogen-bond donors (Lipinski definition) is 0. The van der Waals surface area contributed by atoms with Crippen LogP contribution in [0.2, 0.25) is 0 Å². The predicted octanol–water partition coefficient (Wildman–Crippen LogP) is 3.73. The van der Waals surface area contributed by atoms with E-state index in [0.717, 1.165) is 49.6 Å². The highest BCUT2D eigenvalue weighted by Gasteiger charge is 2.24. The molecule has 1 aliphatic rings. The highest BCUT2D eigenvalue weighted by atomic mass is 32.1. The monoisotopic (exact) mass is 426 g/mol. The van der Waals surface area contributed by atoms with Crippen molar-refractivity contribution in [2.75, 3.05) is 38.2 Å². The average Bonchev–Trinajstić information content (AvgIpc) is 3.46. The number of nitrogens with zero attached hydrogens (tertiary/aromatic N) is 4. The minimum atomic E-state index is -0.302. The van der Waals surface area contributed by atoms with Gasteiger partial charge in [-0.25, -0.2) is 4.79 Å². The molecular weight excluding hydrogens is 400 g/mol. The molecule has 4 rings (SSSR count). The quantitative estimate of drug-likeness (QED) is 0.533. The van der Waals surface area contributed by atoms with Crippen LogP contribution in [0.15, 0.2) is 46.3 Å². The molecule has 0 aliphatic carbocycles. The summed E-state index contributed by atoms with van der Waals surface area (Å²) in [5, 5.41) is 6.09. The zero-order valence-electron chi connectivity index (χ0n) is 17.3. The molecule has 1 atom stereocenters. The summed E-state index contributed by atoms with van der Waals surface area (Å²) in [6.07, 6.45) is 1.78. The van der Waals surface area contributed by atoms with Crippen LogP contribution < -0.4 is 4.90 Å². The number of carbonyl (C=O) groups is 1. The first kappa shape index (κ1) is 20.6. The molecule has 1 saturated heterocycles. The third-order valence-corrected chi connectivity index (χ3v) is 6.33. The molecule has 0 saturated carbocycles. The van der Waals surface area contributed by atoms with Crippen molar-refractivity contribution in [3.63, 3.8) is 0 Å². The summed E-state index contributed by atoms with van der Waals surface area (Å²) >= 11 is 1.62. The SMILES string of the molecule is COC(=O)c1ccc(N2CCN(CCCc3nc(-c4cccs4)no3)C(C)C2)cc1. The molecule has 0 amide bonds. The van der Waals surface area contributed by atoms with Crippen LogP contribution in [0.5, 0.6) is 0 Å². The van der Waals surface area contributed by atoms with Gasteiger partial charge in [-0.2, -0.15) is 4.98 Å². The minimum absolute atomic E-state index is 0.302. The first-order chi connectivity index (χ1) is 14.6. The van der Waals surface area contributed by atoms with Gasteiger partial charge in [0.15, 0.2) is 0 Å². The van der Waals surface area contributed by atoms with E-state index in [-0.39, 0.29) is 5.97 Å². The van der Waals surface area contributed by atoms with Crippen LogP contribution in [-0.4, -0.2) is 60.3 Å². The van der Waals surface area contributed by atoms with E-state index in [2.05, 4.69) is 26.9 Å². The number of aryl methyl sites for hydroxylation is 1. The van der Waals surface area contributed by atoms with Gasteiger partial charge in [-0.3, -0.25) is 4.90 Å². The zero-order chi connectivity index (χ0) is 20.9. The third kappa shape index (κ3) is 4.71. The van der Waals surface area contributed by atoms with E-state index in [0.29, 0.717) is 23.3 Å². The zero-order valence-corrected chi connectivity index (χ0v) is 18.1. The van der Waals surface area contributed by atoms with Crippen LogP contribution in [0.25, 0.3) is 10.7 Å². The summed E-state index contributed by atoms with van der Waals surface area (Å²) in [6, 6.07) is 12.1. The number of ether oxygens (including phenoxy) is 1. The molecule has 158 valence electrons. The molecule has 0 N–H and O–H groups in total. The number of carbonyl (C=O) groups excluding carboxylic acids is 1. The van der Waals surface area contributed by atoms with Gasteiger partial charge in [0.1, 0.15) is 0 Å². The Hall–Kier alpha value is -2.71. The number of hydrogen-bond acceptors (Lipinski definition) is 8. The van der Waals surface area contributed by atoms with Crippen LogP contribution >= 0.6 is 11.3 Å². The highest BCUT2D eigenvalue weighted by Crippen LogP contribution is 2.22. The van der Waals surface area contributed by atoms with Gasteiger partial charge in [0.05, 0.1) is 17.6 Å². The molecule has 1 aromatic carbocycles. The molecule has 0 bridgehead atoms. The number of thiophene rings is 1. The van der Waals surface area contributed by atoms with E-state index in [9.17, 15) is 4.79 Å². The number of aromatic nitrogens is 2. The first-order valence-corrected chi connectivity index (χ1v) is 11.1. The van der Waals surface area contributed by atoms with Gasteiger partial charge in [-0.1, -0.05) is 11.2 Å². The van der Waals surface area contributed by atoms with Gasteiger partial charge < -0.3 is 14.2 Å².